The average Bonchev–Trinajstić information content (AvgIpc) is 2.64. The zero-order valence-electron chi connectivity index (χ0n) is 13.4. The highest BCUT2D eigenvalue weighted by molar-refractivity contribution is 5.92. The molecule has 0 atom stereocenters. The Balaban J connectivity index is 1.82. The van der Waals surface area contributed by atoms with Gasteiger partial charge in [-0.15, -0.1) is 0 Å². The Morgan fingerprint density at radius 3 is 2.21 bits per heavy atom. The molecule has 0 fully saturated rings. The molecule has 3 aromatic carbocycles. The Hall–Kier alpha value is -3.07. The second-order valence-electron chi connectivity index (χ2n) is 5.21. The molecule has 0 aromatic heterocycles. The van der Waals surface area contributed by atoms with Crippen molar-refractivity contribution in [1.29, 1.82) is 0 Å². The molecular weight excluding hydrogens is 300 g/mol. The highest BCUT2D eigenvalue weighted by atomic mass is 16.5. The number of ether oxygens (including phenoxy) is 2. The van der Waals surface area contributed by atoms with Crippen molar-refractivity contribution in [3.05, 3.63) is 84.4 Å². The molecule has 0 amide bonds. The van der Waals surface area contributed by atoms with Gasteiger partial charge in [0.1, 0.15) is 11.5 Å². The van der Waals surface area contributed by atoms with E-state index in [4.69, 9.17) is 9.47 Å². The van der Waals surface area contributed by atoms with Gasteiger partial charge in [-0.25, -0.2) is 4.79 Å². The van der Waals surface area contributed by atoms with E-state index in [1.165, 1.54) is 0 Å². The Labute approximate surface area is 141 Å². The van der Waals surface area contributed by atoms with Crippen LogP contribution in [0, 0.1) is 0 Å². The van der Waals surface area contributed by atoms with Gasteiger partial charge in [-0.1, -0.05) is 48.5 Å². The minimum absolute atomic E-state index is 0.388. The van der Waals surface area contributed by atoms with Crippen LogP contribution in [0.3, 0.4) is 0 Å². The molecule has 3 rings (SSSR count). The fraction of sp³-hybridized carbons (Fsp3) is 0.0952. The first kappa shape index (κ1) is 15.8. The van der Waals surface area contributed by atoms with Gasteiger partial charge in [-0.2, -0.15) is 0 Å². The molecule has 0 bridgehead atoms. The summed E-state index contributed by atoms with van der Waals surface area (Å²) in [6.45, 7) is 2.51. The monoisotopic (exact) mass is 318 g/mol. The van der Waals surface area contributed by atoms with Crippen LogP contribution in [0.4, 0.5) is 0 Å². The average molecular weight is 318 g/mol. The lowest BCUT2D eigenvalue weighted by Crippen LogP contribution is -2.09. The lowest BCUT2D eigenvalue weighted by atomic mass is 10.0. The second kappa shape index (κ2) is 7.47. The van der Waals surface area contributed by atoms with E-state index in [0.717, 1.165) is 16.9 Å². The molecule has 0 aliphatic carbocycles. The third-order valence-corrected chi connectivity index (χ3v) is 3.58. The summed E-state index contributed by atoms with van der Waals surface area (Å²) in [5.74, 6) is 0.891. The Morgan fingerprint density at radius 2 is 1.50 bits per heavy atom. The van der Waals surface area contributed by atoms with Gasteiger partial charge in [0.25, 0.3) is 0 Å². The van der Waals surface area contributed by atoms with Crippen LogP contribution >= 0.6 is 0 Å². The van der Waals surface area contributed by atoms with Crippen molar-refractivity contribution in [1.82, 2.24) is 0 Å². The van der Waals surface area contributed by atoms with Crippen LogP contribution in [0.25, 0.3) is 11.1 Å². The van der Waals surface area contributed by atoms with Gasteiger partial charge in [0.2, 0.25) is 0 Å². The first-order valence-corrected chi connectivity index (χ1v) is 7.87. The van der Waals surface area contributed by atoms with Gasteiger partial charge in [0.15, 0.2) is 0 Å². The fourth-order valence-corrected chi connectivity index (χ4v) is 2.42. The number of para-hydroxylation sites is 1. The molecule has 0 aliphatic rings. The van der Waals surface area contributed by atoms with E-state index < -0.39 is 0 Å². The van der Waals surface area contributed by atoms with Gasteiger partial charge in [0.05, 0.1) is 12.2 Å². The molecule has 0 saturated heterocycles. The van der Waals surface area contributed by atoms with Crippen molar-refractivity contribution in [2.24, 2.45) is 0 Å². The minimum Gasteiger partial charge on any atom is -0.494 e. The predicted octanol–water partition coefficient (Wildman–Crippen LogP) is 4.97. The van der Waals surface area contributed by atoms with Crippen LogP contribution in [0.2, 0.25) is 0 Å². The van der Waals surface area contributed by atoms with Crippen molar-refractivity contribution in [2.75, 3.05) is 6.61 Å². The fourth-order valence-electron chi connectivity index (χ4n) is 2.42. The van der Waals surface area contributed by atoms with Crippen LogP contribution in [-0.2, 0) is 0 Å². The van der Waals surface area contributed by atoms with E-state index >= 15 is 0 Å². The molecule has 3 aromatic rings. The molecule has 0 N–H and O–H groups in total. The van der Waals surface area contributed by atoms with Crippen molar-refractivity contribution in [3.8, 4) is 22.6 Å². The van der Waals surface area contributed by atoms with Crippen molar-refractivity contribution in [2.45, 2.75) is 6.92 Å². The topological polar surface area (TPSA) is 35.5 Å². The number of carbonyl (C=O) groups is 1. The first-order valence-electron chi connectivity index (χ1n) is 7.87. The molecule has 3 nitrogen and oxygen atoms in total. The number of hydrogen-bond donors (Lipinski definition) is 0. The van der Waals surface area contributed by atoms with Gasteiger partial charge in [-0.05, 0) is 42.8 Å². The molecule has 0 aliphatic heterocycles. The van der Waals surface area contributed by atoms with E-state index in [-0.39, 0.29) is 5.97 Å². The van der Waals surface area contributed by atoms with Crippen LogP contribution in [0.5, 0.6) is 11.5 Å². The molecule has 3 heteroatoms. The van der Waals surface area contributed by atoms with Crippen molar-refractivity contribution >= 4 is 5.97 Å². The van der Waals surface area contributed by atoms with Gasteiger partial charge in [0, 0.05) is 5.56 Å². The molecule has 0 heterocycles. The quantitative estimate of drug-likeness (QED) is 0.492. The maximum atomic E-state index is 12.4. The summed E-state index contributed by atoms with van der Waals surface area (Å²) in [5.41, 5.74) is 2.38. The summed E-state index contributed by atoms with van der Waals surface area (Å²) < 4.78 is 11.0. The third-order valence-electron chi connectivity index (χ3n) is 3.58. The number of hydrogen-bond acceptors (Lipinski definition) is 3. The predicted molar refractivity (Wildman–Crippen MR) is 94.4 cm³/mol. The third kappa shape index (κ3) is 3.63. The maximum absolute atomic E-state index is 12.4. The van der Waals surface area contributed by atoms with Crippen LogP contribution < -0.4 is 9.47 Å². The van der Waals surface area contributed by atoms with Crippen LogP contribution in [0.15, 0.2) is 78.9 Å². The van der Waals surface area contributed by atoms with E-state index in [1.807, 2.05) is 55.5 Å². The normalized spacial score (nSPS) is 10.2. The summed E-state index contributed by atoms with van der Waals surface area (Å²) in [6, 6.07) is 24.3. The minimum atomic E-state index is -0.388. The second-order valence-corrected chi connectivity index (χ2v) is 5.21. The zero-order valence-corrected chi connectivity index (χ0v) is 13.4. The summed E-state index contributed by atoms with van der Waals surface area (Å²) in [5, 5.41) is 0. The largest absolute Gasteiger partial charge is 0.494 e. The summed E-state index contributed by atoms with van der Waals surface area (Å²) >= 11 is 0. The van der Waals surface area contributed by atoms with E-state index in [9.17, 15) is 4.79 Å². The molecule has 0 unspecified atom stereocenters. The molecule has 120 valence electrons. The van der Waals surface area contributed by atoms with Crippen molar-refractivity contribution in [3.63, 3.8) is 0 Å². The van der Waals surface area contributed by atoms with Gasteiger partial charge in [-0.3, -0.25) is 0 Å². The van der Waals surface area contributed by atoms with Gasteiger partial charge < -0.3 is 9.47 Å². The molecule has 0 saturated carbocycles. The standard InChI is InChI=1S/C21H18O3/c1-2-23-18-14-12-17(13-15-18)21(22)24-20-11-7-6-10-19(20)16-8-4-3-5-9-16/h3-15H,2H2,1H3. The maximum Gasteiger partial charge on any atom is 0.343 e. The molecule has 24 heavy (non-hydrogen) atoms. The number of esters is 1. The first-order chi connectivity index (χ1) is 11.8. The van der Waals surface area contributed by atoms with Crippen molar-refractivity contribution < 1.29 is 14.3 Å². The highest BCUT2D eigenvalue weighted by Gasteiger charge is 2.12. The summed E-state index contributed by atoms with van der Waals surface area (Å²) in [7, 11) is 0. The molecular formula is C21H18O3. The lowest BCUT2D eigenvalue weighted by Gasteiger charge is -2.10. The zero-order chi connectivity index (χ0) is 16.8. The number of rotatable bonds is 5. The molecule has 0 radical (unpaired) electrons. The smallest absolute Gasteiger partial charge is 0.343 e. The number of benzene rings is 3. The number of carbonyl (C=O) groups excluding carboxylic acids is 1. The SMILES string of the molecule is CCOc1ccc(C(=O)Oc2ccccc2-c2ccccc2)cc1. The van der Waals surface area contributed by atoms with E-state index in [0.29, 0.717) is 17.9 Å². The van der Waals surface area contributed by atoms with Gasteiger partial charge >= 0.3 is 5.97 Å². The highest BCUT2D eigenvalue weighted by Crippen LogP contribution is 2.30. The summed E-state index contributed by atoms with van der Waals surface area (Å²) in [6.07, 6.45) is 0. The Kier molecular flexibility index (Phi) is 4.92. The van der Waals surface area contributed by atoms with E-state index in [1.54, 1.807) is 30.3 Å². The van der Waals surface area contributed by atoms with E-state index in [2.05, 4.69) is 0 Å². The van der Waals surface area contributed by atoms with Crippen LogP contribution in [0.1, 0.15) is 17.3 Å². The van der Waals surface area contributed by atoms with Crippen LogP contribution in [-0.4, -0.2) is 12.6 Å². The summed E-state index contributed by atoms with van der Waals surface area (Å²) in [4.78, 5) is 12.4. The lowest BCUT2D eigenvalue weighted by molar-refractivity contribution is 0.0735. The molecule has 0 spiro atoms. The Bertz CT molecular complexity index is 808. The Morgan fingerprint density at radius 1 is 0.833 bits per heavy atom.